The SMILES string of the molecule is CN(Cc1ccccc1)CC1CCCCN1C(=O)CCl. The highest BCUT2D eigenvalue weighted by molar-refractivity contribution is 6.27. The number of likely N-dealkylation sites (tertiary alicyclic amines) is 1. The summed E-state index contributed by atoms with van der Waals surface area (Å²) in [6.07, 6.45) is 3.39. The molecule has 1 unspecified atom stereocenters. The minimum atomic E-state index is 0.0736. The number of rotatable bonds is 5. The van der Waals surface area contributed by atoms with Crippen molar-refractivity contribution >= 4 is 17.5 Å². The number of nitrogens with zero attached hydrogens (tertiary/aromatic N) is 2. The first-order chi connectivity index (χ1) is 9.70. The molecule has 0 saturated carbocycles. The van der Waals surface area contributed by atoms with E-state index in [9.17, 15) is 4.79 Å². The molecule has 1 amide bonds. The summed E-state index contributed by atoms with van der Waals surface area (Å²) in [4.78, 5) is 16.2. The van der Waals surface area contributed by atoms with E-state index in [1.54, 1.807) is 0 Å². The maximum absolute atomic E-state index is 11.9. The van der Waals surface area contributed by atoms with Crippen molar-refractivity contribution in [3.8, 4) is 0 Å². The molecule has 4 heteroatoms. The Morgan fingerprint density at radius 2 is 2.10 bits per heavy atom. The van der Waals surface area contributed by atoms with E-state index in [-0.39, 0.29) is 11.8 Å². The standard InChI is InChI=1S/C16H23ClN2O/c1-18(12-14-7-3-2-4-8-14)13-15-9-5-6-10-19(15)16(20)11-17/h2-4,7-8,15H,5-6,9-13H2,1H3. The van der Waals surface area contributed by atoms with Gasteiger partial charge in [0.2, 0.25) is 5.91 Å². The lowest BCUT2D eigenvalue weighted by Gasteiger charge is -2.37. The zero-order valence-electron chi connectivity index (χ0n) is 12.1. The summed E-state index contributed by atoms with van der Waals surface area (Å²) in [5.74, 6) is 0.170. The van der Waals surface area contributed by atoms with Crippen molar-refractivity contribution < 1.29 is 4.79 Å². The number of alkyl halides is 1. The van der Waals surface area contributed by atoms with E-state index in [4.69, 9.17) is 11.6 Å². The van der Waals surface area contributed by atoms with Gasteiger partial charge in [-0.2, -0.15) is 0 Å². The van der Waals surface area contributed by atoms with Gasteiger partial charge in [0, 0.05) is 25.7 Å². The molecule has 0 aromatic heterocycles. The van der Waals surface area contributed by atoms with Gasteiger partial charge >= 0.3 is 0 Å². The number of amides is 1. The van der Waals surface area contributed by atoms with Gasteiger partial charge in [-0.05, 0) is 31.9 Å². The number of carbonyl (C=O) groups excluding carboxylic acids is 1. The number of likely N-dealkylation sites (N-methyl/N-ethyl adjacent to an activating group) is 1. The molecule has 0 spiro atoms. The van der Waals surface area contributed by atoms with Crippen LogP contribution in [-0.2, 0) is 11.3 Å². The molecule has 1 aliphatic rings. The van der Waals surface area contributed by atoms with Gasteiger partial charge in [-0.3, -0.25) is 4.79 Å². The van der Waals surface area contributed by atoms with Crippen LogP contribution < -0.4 is 0 Å². The summed E-state index contributed by atoms with van der Waals surface area (Å²) >= 11 is 5.71. The van der Waals surface area contributed by atoms with Gasteiger partial charge in [-0.25, -0.2) is 0 Å². The molecule has 0 aliphatic carbocycles. The lowest BCUT2D eigenvalue weighted by molar-refractivity contribution is -0.132. The second kappa shape index (κ2) is 7.65. The monoisotopic (exact) mass is 294 g/mol. The Labute approximate surface area is 126 Å². The van der Waals surface area contributed by atoms with Crippen LogP contribution in [-0.4, -0.2) is 47.8 Å². The van der Waals surface area contributed by atoms with E-state index in [2.05, 4.69) is 36.2 Å². The van der Waals surface area contributed by atoms with Crippen molar-refractivity contribution in [1.29, 1.82) is 0 Å². The van der Waals surface area contributed by atoms with E-state index in [0.717, 1.165) is 32.5 Å². The smallest absolute Gasteiger partial charge is 0.237 e. The highest BCUT2D eigenvalue weighted by Crippen LogP contribution is 2.19. The second-order valence-corrected chi connectivity index (χ2v) is 5.82. The first-order valence-electron chi connectivity index (χ1n) is 7.28. The van der Waals surface area contributed by atoms with Crippen molar-refractivity contribution in [3.63, 3.8) is 0 Å². The third-order valence-electron chi connectivity index (χ3n) is 3.88. The molecule has 1 saturated heterocycles. The largest absolute Gasteiger partial charge is 0.337 e. The van der Waals surface area contributed by atoms with Gasteiger partial charge in [-0.15, -0.1) is 11.6 Å². The molecule has 110 valence electrons. The summed E-state index contributed by atoms with van der Waals surface area (Å²) in [5.41, 5.74) is 1.31. The van der Waals surface area contributed by atoms with Crippen molar-refractivity contribution in [1.82, 2.24) is 9.80 Å². The van der Waals surface area contributed by atoms with Crippen molar-refractivity contribution in [3.05, 3.63) is 35.9 Å². The Kier molecular flexibility index (Phi) is 5.86. The van der Waals surface area contributed by atoms with Crippen molar-refractivity contribution in [2.75, 3.05) is 26.0 Å². The summed E-state index contributed by atoms with van der Waals surface area (Å²) in [6.45, 7) is 2.69. The number of hydrogen-bond donors (Lipinski definition) is 0. The van der Waals surface area contributed by atoms with Crippen LogP contribution in [0.15, 0.2) is 30.3 Å². The summed E-state index contributed by atoms with van der Waals surface area (Å²) in [7, 11) is 2.12. The van der Waals surface area contributed by atoms with E-state index < -0.39 is 0 Å². The lowest BCUT2D eigenvalue weighted by atomic mass is 10.0. The minimum Gasteiger partial charge on any atom is -0.337 e. The molecule has 0 N–H and O–H groups in total. The molecule has 1 fully saturated rings. The molecule has 1 aromatic rings. The zero-order valence-corrected chi connectivity index (χ0v) is 12.9. The number of piperidine rings is 1. The van der Waals surface area contributed by atoms with Crippen LogP contribution in [0.25, 0.3) is 0 Å². The number of benzene rings is 1. The maximum atomic E-state index is 11.9. The van der Waals surface area contributed by atoms with Gasteiger partial charge in [0.05, 0.1) is 0 Å². The highest BCUT2D eigenvalue weighted by Gasteiger charge is 2.26. The highest BCUT2D eigenvalue weighted by atomic mass is 35.5. The third kappa shape index (κ3) is 4.22. The third-order valence-corrected chi connectivity index (χ3v) is 4.11. The Morgan fingerprint density at radius 3 is 2.80 bits per heavy atom. The first kappa shape index (κ1) is 15.3. The number of carbonyl (C=O) groups is 1. The molecular formula is C16H23ClN2O. The fourth-order valence-electron chi connectivity index (χ4n) is 2.91. The Morgan fingerprint density at radius 1 is 1.35 bits per heavy atom. The number of hydrogen-bond acceptors (Lipinski definition) is 2. The molecule has 1 heterocycles. The molecule has 20 heavy (non-hydrogen) atoms. The predicted octanol–water partition coefficient (Wildman–Crippen LogP) is 2.74. The quantitative estimate of drug-likeness (QED) is 0.780. The van der Waals surface area contributed by atoms with Crippen molar-refractivity contribution in [2.45, 2.75) is 31.8 Å². The van der Waals surface area contributed by atoms with E-state index in [1.165, 1.54) is 12.0 Å². The average Bonchev–Trinajstić information content (AvgIpc) is 2.48. The molecule has 1 atom stereocenters. The Bertz CT molecular complexity index is 424. The fraction of sp³-hybridized carbons (Fsp3) is 0.562. The molecule has 1 aromatic carbocycles. The van der Waals surface area contributed by atoms with Crippen LogP contribution in [0.3, 0.4) is 0 Å². The molecule has 0 radical (unpaired) electrons. The van der Waals surface area contributed by atoms with Crippen LogP contribution in [0.2, 0.25) is 0 Å². The summed E-state index contributed by atoms with van der Waals surface area (Å²) in [6, 6.07) is 10.7. The Hall–Kier alpha value is -1.06. The summed E-state index contributed by atoms with van der Waals surface area (Å²) < 4.78 is 0. The van der Waals surface area contributed by atoms with Gasteiger partial charge in [0.25, 0.3) is 0 Å². The number of halogens is 1. The van der Waals surface area contributed by atoms with E-state index in [0.29, 0.717) is 6.04 Å². The molecule has 0 bridgehead atoms. The Balaban J connectivity index is 1.91. The van der Waals surface area contributed by atoms with Crippen molar-refractivity contribution in [2.24, 2.45) is 0 Å². The molecular weight excluding hydrogens is 272 g/mol. The normalized spacial score (nSPS) is 19.4. The van der Waals surface area contributed by atoms with E-state index in [1.807, 2.05) is 11.0 Å². The van der Waals surface area contributed by atoms with Gasteiger partial charge in [0.15, 0.2) is 0 Å². The van der Waals surface area contributed by atoms with Crippen LogP contribution in [0, 0.1) is 0 Å². The zero-order chi connectivity index (χ0) is 14.4. The van der Waals surface area contributed by atoms with Gasteiger partial charge in [-0.1, -0.05) is 30.3 Å². The minimum absolute atomic E-state index is 0.0736. The molecule has 1 aliphatic heterocycles. The lowest BCUT2D eigenvalue weighted by Crippen LogP contribution is -2.49. The first-order valence-corrected chi connectivity index (χ1v) is 7.82. The van der Waals surface area contributed by atoms with Gasteiger partial charge < -0.3 is 9.80 Å². The van der Waals surface area contributed by atoms with Crippen LogP contribution >= 0.6 is 11.6 Å². The second-order valence-electron chi connectivity index (χ2n) is 5.55. The predicted molar refractivity (Wildman–Crippen MR) is 82.8 cm³/mol. The fourth-order valence-corrected chi connectivity index (χ4v) is 3.07. The summed E-state index contributed by atoms with van der Waals surface area (Å²) in [5, 5.41) is 0. The van der Waals surface area contributed by atoms with Crippen LogP contribution in [0.4, 0.5) is 0 Å². The average molecular weight is 295 g/mol. The maximum Gasteiger partial charge on any atom is 0.237 e. The molecule has 3 nitrogen and oxygen atoms in total. The molecule has 2 rings (SSSR count). The topological polar surface area (TPSA) is 23.6 Å². The van der Waals surface area contributed by atoms with Gasteiger partial charge in [0.1, 0.15) is 5.88 Å². The van der Waals surface area contributed by atoms with Crippen LogP contribution in [0.5, 0.6) is 0 Å². The van der Waals surface area contributed by atoms with Crippen LogP contribution in [0.1, 0.15) is 24.8 Å². The van der Waals surface area contributed by atoms with E-state index >= 15 is 0 Å².